The average Bonchev–Trinajstić information content (AvgIpc) is 2.31. The highest BCUT2D eigenvalue weighted by molar-refractivity contribution is 9.10. The highest BCUT2D eigenvalue weighted by Crippen LogP contribution is 2.32. The Morgan fingerprint density at radius 3 is 2.72 bits per heavy atom. The molecule has 0 spiro atoms. The Balaban J connectivity index is 2.73. The van der Waals surface area contributed by atoms with Gasteiger partial charge in [0, 0.05) is 16.1 Å². The van der Waals surface area contributed by atoms with E-state index in [-0.39, 0.29) is 22.8 Å². The van der Waals surface area contributed by atoms with E-state index in [2.05, 4.69) is 20.9 Å². The summed E-state index contributed by atoms with van der Waals surface area (Å²) in [4.78, 5) is 14.1. The number of aromatic nitrogens is 1. The lowest BCUT2D eigenvalue weighted by molar-refractivity contribution is -0.384. The molecule has 0 atom stereocenters. The van der Waals surface area contributed by atoms with Crippen LogP contribution in [0.15, 0.2) is 34.8 Å². The minimum absolute atomic E-state index is 0.0309. The second kappa shape index (κ2) is 4.69. The maximum absolute atomic E-state index is 13.7. The van der Waals surface area contributed by atoms with Crippen LogP contribution in [0.4, 0.5) is 15.9 Å². The van der Waals surface area contributed by atoms with Gasteiger partial charge in [0.25, 0.3) is 5.69 Å². The fraction of sp³-hybridized carbons (Fsp3) is 0. The van der Waals surface area contributed by atoms with Crippen molar-refractivity contribution in [2.45, 2.75) is 0 Å². The highest BCUT2D eigenvalue weighted by Gasteiger charge is 2.20. The first kappa shape index (κ1) is 12.4. The van der Waals surface area contributed by atoms with E-state index in [1.54, 1.807) is 0 Å². The number of anilines is 1. The maximum atomic E-state index is 13.7. The second-order valence-electron chi connectivity index (χ2n) is 3.49. The van der Waals surface area contributed by atoms with Gasteiger partial charge in [0.05, 0.1) is 4.92 Å². The number of nitro groups is 1. The zero-order valence-corrected chi connectivity index (χ0v) is 10.5. The summed E-state index contributed by atoms with van der Waals surface area (Å²) in [7, 11) is 0. The lowest BCUT2D eigenvalue weighted by atomic mass is 10.1. The van der Waals surface area contributed by atoms with Crippen molar-refractivity contribution >= 4 is 27.4 Å². The summed E-state index contributed by atoms with van der Waals surface area (Å²) in [5, 5.41) is 10.9. The van der Waals surface area contributed by atoms with Gasteiger partial charge in [0.1, 0.15) is 11.6 Å². The fourth-order valence-corrected chi connectivity index (χ4v) is 1.85. The molecule has 1 aromatic carbocycles. The molecule has 0 aliphatic carbocycles. The molecule has 0 bridgehead atoms. The van der Waals surface area contributed by atoms with Crippen LogP contribution in [0.5, 0.6) is 0 Å². The van der Waals surface area contributed by atoms with Crippen molar-refractivity contribution in [3.8, 4) is 11.3 Å². The zero-order valence-electron chi connectivity index (χ0n) is 8.93. The van der Waals surface area contributed by atoms with E-state index < -0.39 is 10.7 Å². The van der Waals surface area contributed by atoms with E-state index in [4.69, 9.17) is 5.73 Å². The Morgan fingerprint density at radius 2 is 2.06 bits per heavy atom. The van der Waals surface area contributed by atoms with Crippen LogP contribution in [0.1, 0.15) is 0 Å². The molecule has 0 amide bonds. The summed E-state index contributed by atoms with van der Waals surface area (Å²) in [5.41, 5.74) is 5.14. The summed E-state index contributed by atoms with van der Waals surface area (Å²) in [5.74, 6) is -0.505. The van der Waals surface area contributed by atoms with Crippen LogP contribution >= 0.6 is 15.9 Å². The van der Waals surface area contributed by atoms with Crippen LogP contribution < -0.4 is 5.73 Å². The molecule has 0 saturated carbocycles. The summed E-state index contributed by atoms with van der Waals surface area (Å²) >= 11 is 3.18. The number of rotatable bonds is 2. The number of nitrogen functional groups attached to an aromatic ring is 1. The maximum Gasteiger partial charge on any atom is 0.295 e. The van der Waals surface area contributed by atoms with Gasteiger partial charge in [0.15, 0.2) is 5.69 Å². The lowest BCUT2D eigenvalue weighted by Crippen LogP contribution is -1.99. The van der Waals surface area contributed by atoms with Gasteiger partial charge in [0.2, 0.25) is 0 Å². The fourth-order valence-electron chi connectivity index (χ4n) is 1.49. The minimum atomic E-state index is -0.623. The van der Waals surface area contributed by atoms with Crippen LogP contribution in [0.25, 0.3) is 11.3 Å². The van der Waals surface area contributed by atoms with Crippen molar-refractivity contribution < 1.29 is 9.31 Å². The SMILES string of the molecule is Nc1ccc([N+](=O)[O-])c(-c2cc(Br)ccc2F)n1. The van der Waals surface area contributed by atoms with Crippen molar-refractivity contribution in [2.24, 2.45) is 0 Å². The summed E-state index contributed by atoms with van der Waals surface area (Å²) in [6.45, 7) is 0. The number of pyridine rings is 1. The standard InChI is InChI=1S/C11H7BrFN3O2/c12-6-1-2-8(13)7(5-6)11-9(16(17)18)3-4-10(14)15-11/h1-5H,(H2,14,15). The molecule has 0 saturated heterocycles. The molecular formula is C11H7BrFN3O2. The van der Waals surface area contributed by atoms with Crippen molar-refractivity contribution in [2.75, 3.05) is 5.73 Å². The van der Waals surface area contributed by atoms with Crippen LogP contribution in [0.3, 0.4) is 0 Å². The first-order valence-corrected chi connectivity index (χ1v) is 5.64. The van der Waals surface area contributed by atoms with Crippen molar-refractivity contribution in [1.29, 1.82) is 0 Å². The number of benzene rings is 1. The average molecular weight is 312 g/mol. The van der Waals surface area contributed by atoms with Crippen LogP contribution in [0.2, 0.25) is 0 Å². The minimum Gasteiger partial charge on any atom is -0.384 e. The molecule has 0 radical (unpaired) electrons. The van der Waals surface area contributed by atoms with Gasteiger partial charge >= 0.3 is 0 Å². The quantitative estimate of drug-likeness (QED) is 0.682. The summed E-state index contributed by atoms with van der Waals surface area (Å²) in [6, 6.07) is 6.63. The molecule has 18 heavy (non-hydrogen) atoms. The topological polar surface area (TPSA) is 82.0 Å². The molecule has 7 heteroatoms. The van der Waals surface area contributed by atoms with Crippen LogP contribution in [-0.4, -0.2) is 9.91 Å². The van der Waals surface area contributed by atoms with Crippen LogP contribution in [-0.2, 0) is 0 Å². The smallest absolute Gasteiger partial charge is 0.295 e. The normalized spacial score (nSPS) is 10.3. The van der Waals surface area contributed by atoms with E-state index in [0.717, 1.165) is 0 Å². The molecule has 0 fully saturated rings. The third-order valence-corrected chi connectivity index (χ3v) is 2.77. The van der Waals surface area contributed by atoms with Gasteiger partial charge in [-0.05, 0) is 24.3 Å². The third-order valence-electron chi connectivity index (χ3n) is 2.28. The summed E-state index contributed by atoms with van der Waals surface area (Å²) < 4.78 is 14.3. The Morgan fingerprint density at radius 1 is 1.33 bits per heavy atom. The highest BCUT2D eigenvalue weighted by atomic mass is 79.9. The van der Waals surface area contributed by atoms with Gasteiger partial charge in [-0.25, -0.2) is 9.37 Å². The zero-order chi connectivity index (χ0) is 13.3. The number of halogens is 2. The Labute approximate surface area is 110 Å². The van der Waals surface area contributed by atoms with Gasteiger partial charge in [-0.2, -0.15) is 0 Å². The molecular weight excluding hydrogens is 305 g/mol. The second-order valence-corrected chi connectivity index (χ2v) is 4.40. The molecule has 1 aromatic heterocycles. The van der Waals surface area contributed by atoms with Crippen LogP contribution in [0, 0.1) is 15.9 Å². The van der Waals surface area contributed by atoms with Crippen molar-refractivity contribution in [3.05, 3.63) is 50.7 Å². The molecule has 5 nitrogen and oxygen atoms in total. The first-order chi connectivity index (χ1) is 8.49. The van der Waals surface area contributed by atoms with E-state index in [0.29, 0.717) is 4.47 Å². The number of nitrogens with zero attached hydrogens (tertiary/aromatic N) is 2. The molecule has 1 heterocycles. The van der Waals surface area contributed by atoms with E-state index in [1.807, 2.05) is 0 Å². The van der Waals surface area contributed by atoms with E-state index >= 15 is 0 Å². The number of nitrogens with two attached hydrogens (primary N) is 1. The van der Waals surface area contributed by atoms with Gasteiger partial charge < -0.3 is 5.73 Å². The molecule has 2 aromatic rings. The first-order valence-electron chi connectivity index (χ1n) is 4.85. The predicted molar refractivity (Wildman–Crippen MR) is 68.4 cm³/mol. The van der Waals surface area contributed by atoms with E-state index in [9.17, 15) is 14.5 Å². The molecule has 2 N–H and O–H groups in total. The lowest BCUT2D eigenvalue weighted by Gasteiger charge is -2.05. The number of hydrogen-bond acceptors (Lipinski definition) is 4. The summed E-state index contributed by atoms with van der Waals surface area (Å²) in [6.07, 6.45) is 0. The Kier molecular flexibility index (Phi) is 3.24. The van der Waals surface area contributed by atoms with E-state index in [1.165, 1.54) is 30.3 Å². The van der Waals surface area contributed by atoms with Gasteiger partial charge in [-0.1, -0.05) is 15.9 Å². The predicted octanol–water partition coefficient (Wildman–Crippen LogP) is 3.14. The number of hydrogen-bond donors (Lipinski definition) is 1. The monoisotopic (exact) mass is 311 g/mol. The Bertz CT molecular complexity index is 634. The van der Waals surface area contributed by atoms with Crippen molar-refractivity contribution in [1.82, 2.24) is 4.98 Å². The Hall–Kier alpha value is -2.02. The molecule has 2 rings (SSSR count). The van der Waals surface area contributed by atoms with Gasteiger partial charge in [-0.3, -0.25) is 10.1 Å². The third kappa shape index (κ3) is 2.30. The molecule has 0 unspecified atom stereocenters. The molecule has 0 aliphatic heterocycles. The van der Waals surface area contributed by atoms with Crippen molar-refractivity contribution in [3.63, 3.8) is 0 Å². The molecule has 92 valence electrons. The largest absolute Gasteiger partial charge is 0.384 e. The van der Waals surface area contributed by atoms with Gasteiger partial charge in [-0.15, -0.1) is 0 Å². The molecule has 0 aliphatic rings.